The Morgan fingerprint density at radius 2 is 2.00 bits per heavy atom. The fourth-order valence-electron chi connectivity index (χ4n) is 2.06. The zero-order valence-corrected chi connectivity index (χ0v) is 11.4. The summed E-state index contributed by atoms with van der Waals surface area (Å²) in [6.07, 6.45) is 8.14. The maximum Gasteiger partial charge on any atom is 0.190 e. The van der Waals surface area contributed by atoms with Crippen molar-refractivity contribution in [2.75, 3.05) is 17.3 Å². The maximum atomic E-state index is 5.99. The van der Waals surface area contributed by atoms with Gasteiger partial charge in [0.15, 0.2) is 16.1 Å². The molecule has 0 aliphatic heterocycles. The minimum Gasteiger partial charge on any atom is -0.393 e. The molecule has 4 nitrogen and oxygen atoms in total. The van der Waals surface area contributed by atoms with E-state index >= 15 is 0 Å². The molecule has 6 heteroatoms. The lowest BCUT2D eigenvalue weighted by molar-refractivity contribution is 0.461. The van der Waals surface area contributed by atoms with Crippen molar-refractivity contribution < 1.29 is 0 Å². The van der Waals surface area contributed by atoms with Crippen LogP contribution in [0.1, 0.15) is 32.1 Å². The van der Waals surface area contributed by atoms with E-state index in [0.717, 1.165) is 0 Å². The molecular formula is C11H17ClN4S. The van der Waals surface area contributed by atoms with Gasteiger partial charge in [0.1, 0.15) is 5.69 Å². The molecule has 94 valence electrons. The molecule has 0 amide bonds. The Bertz CT molecular complexity index is 393. The molecular weight excluding hydrogens is 256 g/mol. The average molecular weight is 273 g/mol. The maximum absolute atomic E-state index is 5.99. The predicted molar refractivity (Wildman–Crippen MR) is 73.7 cm³/mol. The van der Waals surface area contributed by atoms with Gasteiger partial charge in [-0.3, -0.25) is 0 Å². The summed E-state index contributed by atoms with van der Waals surface area (Å²) in [6, 6.07) is 0.465. The van der Waals surface area contributed by atoms with Gasteiger partial charge in [-0.1, -0.05) is 42.6 Å². The third-order valence-electron chi connectivity index (χ3n) is 3.01. The van der Waals surface area contributed by atoms with Gasteiger partial charge in [0, 0.05) is 6.04 Å². The summed E-state index contributed by atoms with van der Waals surface area (Å²) in [5.41, 5.74) is 6.35. The molecule has 1 aromatic rings. The summed E-state index contributed by atoms with van der Waals surface area (Å²) in [5.74, 6) is 0.682. The Labute approximate surface area is 111 Å². The predicted octanol–water partition coefficient (Wildman–Crippen LogP) is 3.18. The number of halogens is 1. The van der Waals surface area contributed by atoms with Crippen molar-refractivity contribution in [3.8, 4) is 0 Å². The largest absolute Gasteiger partial charge is 0.393 e. The summed E-state index contributed by atoms with van der Waals surface area (Å²) < 4.78 is 0. The number of anilines is 2. The van der Waals surface area contributed by atoms with Crippen LogP contribution >= 0.6 is 23.4 Å². The number of hydrogen-bond donors (Lipinski definition) is 2. The number of aromatic nitrogens is 2. The van der Waals surface area contributed by atoms with Gasteiger partial charge < -0.3 is 11.1 Å². The highest BCUT2D eigenvalue weighted by Gasteiger charge is 2.17. The number of nitrogen functional groups attached to an aromatic ring is 1. The van der Waals surface area contributed by atoms with Gasteiger partial charge in [-0.15, -0.1) is 0 Å². The molecule has 1 saturated carbocycles. The summed E-state index contributed by atoms with van der Waals surface area (Å²) in [4.78, 5) is 8.47. The zero-order chi connectivity index (χ0) is 12.3. The smallest absolute Gasteiger partial charge is 0.190 e. The first-order valence-corrected chi connectivity index (χ1v) is 7.44. The lowest BCUT2D eigenvalue weighted by atomic mass is 9.95. The van der Waals surface area contributed by atoms with Crippen molar-refractivity contribution in [2.24, 2.45) is 0 Å². The van der Waals surface area contributed by atoms with Crippen LogP contribution in [0.5, 0.6) is 0 Å². The lowest BCUT2D eigenvalue weighted by Crippen LogP contribution is -2.23. The molecule has 17 heavy (non-hydrogen) atoms. The van der Waals surface area contributed by atoms with Gasteiger partial charge in [-0.2, -0.15) is 0 Å². The number of nitrogens with one attached hydrogen (secondary N) is 1. The van der Waals surface area contributed by atoms with E-state index in [1.165, 1.54) is 43.9 Å². The second-order valence-corrected chi connectivity index (χ2v) is 5.37. The fraction of sp³-hybridized carbons (Fsp3) is 0.636. The Balaban J connectivity index is 2.15. The zero-order valence-electron chi connectivity index (χ0n) is 9.87. The SMILES string of the molecule is CSc1nc(Cl)c(N)c(NC2CCCCC2)n1. The summed E-state index contributed by atoms with van der Waals surface area (Å²) in [6.45, 7) is 0. The van der Waals surface area contributed by atoms with E-state index in [2.05, 4.69) is 15.3 Å². The van der Waals surface area contributed by atoms with Gasteiger partial charge >= 0.3 is 0 Å². The van der Waals surface area contributed by atoms with E-state index in [1.54, 1.807) is 0 Å². The van der Waals surface area contributed by atoms with E-state index in [1.807, 2.05) is 6.26 Å². The summed E-state index contributed by atoms with van der Waals surface area (Å²) >= 11 is 7.45. The van der Waals surface area contributed by atoms with E-state index in [9.17, 15) is 0 Å². The minimum absolute atomic E-state index is 0.336. The van der Waals surface area contributed by atoms with Crippen LogP contribution in [0.25, 0.3) is 0 Å². The number of hydrogen-bond acceptors (Lipinski definition) is 5. The summed E-state index contributed by atoms with van der Waals surface area (Å²) in [5, 5.41) is 4.38. The van der Waals surface area contributed by atoms with Crippen molar-refractivity contribution in [1.82, 2.24) is 9.97 Å². The molecule has 0 unspecified atom stereocenters. The fourth-order valence-corrected chi connectivity index (χ4v) is 2.65. The molecule has 0 spiro atoms. The van der Waals surface area contributed by atoms with Crippen LogP contribution in [-0.4, -0.2) is 22.3 Å². The molecule has 1 aliphatic rings. The van der Waals surface area contributed by atoms with Crippen molar-refractivity contribution >= 4 is 34.9 Å². The highest BCUT2D eigenvalue weighted by Crippen LogP contribution is 2.29. The van der Waals surface area contributed by atoms with Crippen LogP contribution in [-0.2, 0) is 0 Å². The van der Waals surface area contributed by atoms with Crippen LogP contribution < -0.4 is 11.1 Å². The third-order valence-corrected chi connectivity index (χ3v) is 3.84. The molecule has 0 bridgehead atoms. The Morgan fingerprint density at radius 3 is 2.65 bits per heavy atom. The highest BCUT2D eigenvalue weighted by molar-refractivity contribution is 7.98. The molecule has 1 aromatic heterocycles. The molecule has 1 fully saturated rings. The molecule has 2 rings (SSSR count). The van der Waals surface area contributed by atoms with Gasteiger partial charge in [-0.05, 0) is 19.1 Å². The molecule has 3 N–H and O–H groups in total. The normalized spacial score (nSPS) is 17.1. The minimum atomic E-state index is 0.336. The van der Waals surface area contributed by atoms with Crippen LogP contribution in [0, 0.1) is 0 Å². The first kappa shape index (κ1) is 12.8. The Hall–Kier alpha value is -0.680. The molecule has 1 heterocycles. The second kappa shape index (κ2) is 5.78. The van der Waals surface area contributed by atoms with Crippen LogP contribution in [0.2, 0.25) is 5.15 Å². The Morgan fingerprint density at radius 1 is 1.29 bits per heavy atom. The second-order valence-electron chi connectivity index (χ2n) is 4.24. The monoisotopic (exact) mass is 272 g/mol. The molecule has 0 atom stereocenters. The standard InChI is InChI=1S/C11H17ClN4S/c1-17-11-15-9(12)8(13)10(16-11)14-7-5-3-2-4-6-7/h7H,2-6,13H2,1H3,(H,14,15,16). The van der Waals surface area contributed by atoms with Gasteiger partial charge in [-0.25, -0.2) is 9.97 Å². The lowest BCUT2D eigenvalue weighted by Gasteiger charge is -2.24. The van der Waals surface area contributed by atoms with Crippen molar-refractivity contribution in [3.05, 3.63) is 5.15 Å². The van der Waals surface area contributed by atoms with E-state index in [0.29, 0.717) is 27.9 Å². The van der Waals surface area contributed by atoms with Gasteiger partial charge in [0.05, 0.1) is 0 Å². The summed E-state index contributed by atoms with van der Waals surface area (Å²) in [7, 11) is 0. The van der Waals surface area contributed by atoms with E-state index in [4.69, 9.17) is 17.3 Å². The van der Waals surface area contributed by atoms with E-state index < -0.39 is 0 Å². The Kier molecular flexibility index (Phi) is 4.34. The highest BCUT2D eigenvalue weighted by atomic mass is 35.5. The quantitative estimate of drug-likeness (QED) is 0.503. The van der Waals surface area contributed by atoms with Crippen LogP contribution in [0.4, 0.5) is 11.5 Å². The average Bonchev–Trinajstić information content (AvgIpc) is 2.36. The van der Waals surface area contributed by atoms with Crippen LogP contribution in [0.15, 0.2) is 5.16 Å². The first-order valence-electron chi connectivity index (χ1n) is 5.84. The molecule has 0 saturated heterocycles. The van der Waals surface area contributed by atoms with Gasteiger partial charge in [0.2, 0.25) is 0 Å². The van der Waals surface area contributed by atoms with Crippen LogP contribution in [0.3, 0.4) is 0 Å². The topological polar surface area (TPSA) is 63.8 Å². The molecule has 1 aliphatic carbocycles. The first-order chi connectivity index (χ1) is 8.20. The number of nitrogens with zero attached hydrogens (tertiary/aromatic N) is 2. The third kappa shape index (κ3) is 3.16. The van der Waals surface area contributed by atoms with Crippen molar-refractivity contribution in [3.63, 3.8) is 0 Å². The van der Waals surface area contributed by atoms with E-state index in [-0.39, 0.29) is 0 Å². The van der Waals surface area contributed by atoms with Crippen molar-refractivity contribution in [2.45, 2.75) is 43.3 Å². The van der Waals surface area contributed by atoms with Gasteiger partial charge in [0.25, 0.3) is 0 Å². The van der Waals surface area contributed by atoms with Crippen molar-refractivity contribution in [1.29, 1.82) is 0 Å². The molecule has 0 aromatic carbocycles. The number of rotatable bonds is 3. The number of nitrogens with two attached hydrogens (primary N) is 1. The number of thioether (sulfide) groups is 1. The molecule has 0 radical (unpaired) electrons.